The summed E-state index contributed by atoms with van der Waals surface area (Å²) in [5.41, 5.74) is 2.11. The van der Waals surface area contributed by atoms with Crippen LogP contribution in [0.3, 0.4) is 0 Å². The number of halogens is 1. The number of hydrogen-bond acceptors (Lipinski definition) is 5. The highest BCUT2D eigenvalue weighted by molar-refractivity contribution is 9.11. The van der Waals surface area contributed by atoms with Gasteiger partial charge in [0.1, 0.15) is 5.00 Å². The van der Waals surface area contributed by atoms with E-state index in [1.54, 1.807) is 22.7 Å². The van der Waals surface area contributed by atoms with E-state index in [-0.39, 0.29) is 0 Å². The number of fused-ring (bicyclic) bond motifs is 1. The van der Waals surface area contributed by atoms with E-state index in [2.05, 4.69) is 69.2 Å². The number of nitrogens with zero attached hydrogens (tertiary/aromatic N) is 3. The van der Waals surface area contributed by atoms with Crippen LogP contribution in [0.15, 0.2) is 50.4 Å². The quantitative estimate of drug-likeness (QED) is 0.429. The maximum absolute atomic E-state index is 4.35. The fourth-order valence-corrected chi connectivity index (χ4v) is 5.11. The lowest BCUT2D eigenvalue weighted by atomic mass is 10.2. The fourth-order valence-electron chi connectivity index (χ4n) is 2.27. The molecule has 0 saturated heterocycles. The maximum atomic E-state index is 4.35. The Morgan fingerprint density at radius 3 is 2.27 bits per heavy atom. The first-order chi connectivity index (χ1) is 10.7. The van der Waals surface area contributed by atoms with Crippen LogP contribution in [0.4, 0.5) is 16.4 Å². The van der Waals surface area contributed by atoms with Crippen LogP contribution in [0.1, 0.15) is 13.8 Å². The molecule has 114 valence electrons. The molecule has 3 aromatic rings. The third-order valence-corrected chi connectivity index (χ3v) is 6.09. The molecular formula is C16H16BrN3S2. The lowest BCUT2D eigenvalue weighted by Gasteiger charge is -2.20. The summed E-state index contributed by atoms with van der Waals surface area (Å²) in [5, 5.41) is 9.63. The molecule has 0 amide bonds. The van der Waals surface area contributed by atoms with Gasteiger partial charge in [0.2, 0.25) is 0 Å². The third kappa shape index (κ3) is 3.39. The Morgan fingerprint density at radius 1 is 0.955 bits per heavy atom. The lowest BCUT2D eigenvalue weighted by Crippen LogP contribution is -2.21. The van der Waals surface area contributed by atoms with Crippen molar-refractivity contribution in [3.63, 3.8) is 0 Å². The van der Waals surface area contributed by atoms with Crippen molar-refractivity contribution in [3.8, 4) is 0 Å². The summed E-state index contributed by atoms with van der Waals surface area (Å²) >= 11 is 6.89. The topological polar surface area (TPSA) is 28.0 Å². The Bertz CT molecular complexity index is 754. The standard InChI is InChI=1S/C16H16BrN3S2/c1-3-20(4-2)12-7-5-11(6-8-12)18-19-16-10-14-13(22-16)9-15(17)21-14/h5-10H,3-4H2,1-2H3. The first-order valence-electron chi connectivity index (χ1n) is 7.15. The van der Waals surface area contributed by atoms with E-state index >= 15 is 0 Å². The molecule has 0 aliphatic carbocycles. The predicted molar refractivity (Wildman–Crippen MR) is 102 cm³/mol. The molecule has 0 fully saturated rings. The number of hydrogen-bond donors (Lipinski definition) is 0. The van der Waals surface area contributed by atoms with Crippen LogP contribution < -0.4 is 4.90 Å². The first-order valence-corrected chi connectivity index (χ1v) is 9.58. The average Bonchev–Trinajstić information content (AvgIpc) is 3.04. The van der Waals surface area contributed by atoms with E-state index in [1.165, 1.54) is 15.1 Å². The van der Waals surface area contributed by atoms with E-state index < -0.39 is 0 Å². The van der Waals surface area contributed by atoms with E-state index in [9.17, 15) is 0 Å². The smallest absolute Gasteiger partial charge is 0.140 e. The molecule has 0 atom stereocenters. The van der Waals surface area contributed by atoms with Crippen LogP contribution in [0.2, 0.25) is 0 Å². The first kappa shape index (κ1) is 15.6. The van der Waals surface area contributed by atoms with Crippen molar-refractivity contribution in [1.82, 2.24) is 0 Å². The second kappa shape index (κ2) is 6.89. The number of anilines is 1. The summed E-state index contributed by atoms with van der Waals surface area (Å²) < 4.78 is 3.66. The average molecular weight is 394 g/mol. The second-order valence-electron chi connectivity index (χ2n) is 4.75. The van der Waals surface area contributed by atoms with Gasteiger partial charge in [0.25, 0.3) is 0 Å². The molecule has 2 aromatic heterocycles. The van der Waals surface area contributed by atoms with E-state index in [0.717, 1.165) is 27.6 Å². The molecule has 0 N–H and O–H groups in total. The van der Waals surface area contributed by atoms with Crippen LogP contribution in [0.5, 0.6) is 0 Å². The Kier molecular flexibility index (Phi) is 4.90. The highest BCUT2D eigenvalue weighted by Crippen LogP contribution is 2.39. The molecule has 1 aromatic carbocycles. The van der Waals surface area contributed by atoms with Gasteiger partial charge in [0.15, 0.2) is 0 Å². The molecule has 2 heterocycles. The highest BCUT2D eigenvalue weighted by atomic mass is 79.9. The van der Waals surface area contributed by atoms with Gasteiger partial charge in [-0.1, -0.05) is 0 Å². The Hall–Kier alpha value is -1.24. The third-order valence-electron chi connectivity index (χ3n) is 3.41. The van der Waals surface area contributed by atoms with Crippen molar-refractivity contribution in [2.24, 2.45) is 10.2 Å². The fraction of sp³-hybridized carbons (Fsp3) is 0.250. The van der Waals surface area contributed by atoms with Crippen molar-refractivity contribution < 1.29 is 0 Å². The molecule has 0 unspecified atom stereocenters. The normalized spacial score (nSPS) is 11.6. The van der Waals surface area contributed by atoms with Crippen LogP contribution in [-0.4, -0.2) is 13.1 Å². The minimum atomic E-state index is 0.883. The molecule has 0 saturated carbocycles. The molecule has 6 heteroatoms. The summed E-state index contributed by atoms with van der Waals surface area (Å²) in [4.78, 5) is 2.31. The summed E-state index contributed by atoms with van der Waals surface area (Å²) in [6.07, 6.45) is 0. The van der Waals surface area contributed by atoms with Gasteiger partial charge in [-0.2, -0.15) is 0 Å². The Labute approximate surface area is 146 Å². The van der Waals surface area contributed by atoms with Gasteiger partial charge in [-0.3, -0.25) is 0 Å². The molecule has 3 rings (SSSR count). The largest absolute Gasteiger partial charge is 0.372 e. The molecule has 0 bridgehead atoms. The van der Waals surface area contributed by atoms with Gasteiger partial charge >= 0.3 is 0 Å². The van der Waals surface area contributed by atoms with Crippen molar-refractivity contribution >= 4 is 64.4 Å². The van der Waals surface area contributed by atoms with Gasteiger partial charge < -0.3 is 4.90 Å². The minimum absolute atomic E-state index is 0.883. The number of azo groups is 1. The van der Waals surface area contributed by atoms with Crippen LogP contribution >= 0.6 is 38.6 Å². The summed E-state index contributed by atoms with van der Waals surface area (Å²) in [7, 11) is 0. The molecule has 3 nitrogen and oxygen atoms in total. The SMILES string of the molecule is CCN(CC)c1ccc(N=Nc2cc3sc(Br)cc3s2)cc1. The van der Waals surface area contributed by atoms with E-state index in [1.807, 2.05) is 12.1 Å². The zero-order valence-electron chi connectivity index (χ0n) is 12.4. The van der Waals surface area contributed by atoms with Gasteiger partial charge in [0.05, 0.1) is 9.47 Å². The Morgan fingerprint density at radius 2 is 1.64 bits per heavy atom. The number of benzene rings is 1. The summed E-state index contributed by atoms with van der Waals surface area (Å²) in [5.74, 6) is 0. The molecule has 0 spiro atoms. The van der Waals surface area contributed by atoms with Gasteiger partial charge in [-0.25, -0.2) is 0 Å². The van der Waals surface area contributed by atoms with E-state index in [0.29, 0.717) is 0 Å². The maximum Gasteiger partial charge on any atom is 0.140 e. The number of rotatable bonds is 5. The minimum Gasteiger partial charge on any atom is -0.372 e. The molecular weight excluding hydrogens is 378 g/mol. The lowest BCUT2D eigenvalue weighted by molar-refractivity contribution is 0.866. The van der Waals surface area contributed by atoms with Crippen LogP contribution in [0, 0.1) is 0 Å². The monoisotopic (exact) mass is 393 g/mol. The van der Waals surface area contributed by atoms with Crippen LogP contribution in [0.25, 0.3) is 9.40 Å². The van der Waals surface area contributed by atoms with Crippen molar-refractivity contribution in [2.45, 2.75) is 13.8 Å². The van der Waals surface area contributed by atoms with Crippen molar-refractivity contribution in [3.05, 3.63) is 40.2 Å². The van der Waals surface area contributed by atoms with Crippen molar-refractivity contribution in [2.75, 3.05) is 18.0 Å². The summed E-state index contributed by atoms with van der Waals surface area (Å²) in [6.45, 7) is 6.35. The predicted octanol–water partition coefficient (Wildman–Crippen LogP) is 6.99. The molecule has 0 radical (unpaired) electrons. The Balaban J connectivity index is 1.75. The van der Waals surface area contributed by atoms with Crippen molar-refractivity contribution in [1.29, 1.82) is 0 Å². The van der Waals surface area contributed by atoms with Gasteiger partial charge in [-0.15, -0.1) is 32.9 Å². The number of thiophene rings is 2. The zero-order chi connectivity index (χ0) is 15.5. The highest BCUT2D eigenvalue weighted by Gasteiger charge is 2.05. The van der Waals surface area contributed by atoms with Gasteiger partial charge in [0, 0.05) is 28.2 Å². The molecule has 22 heavy (non-hydrogen) atoms. The van der Waals surface area contributed by atoms with Gasteiger partial charge in [-0.05, 0) is 66.2 Å². The van der Waals surface area contributed by atoms with Crippen LogP contribution in [-0.2, 0) is 0 Å². The zero-order valence-corrected chi connectivity index (χ0v) is 15.6. The summed E-state index contributed by atoms with van der Waals surface area (Å²) in [6, 6.07) is 12.5. The second-order valence-corrected chi connectivity index (χ2v) is 8.28. The molecule has 0 aliphatic rings. The van der Waals surface area contributed by atoms with E-state index in [4.69, 9.17) is 0 Å². The molecule has 0 aliphatic heterocycles.